The van der Waals surface area contributed by atoms with Crippen LogP contribution >= 0.6 is 0 Å². The van der Waals surface area contributed by atoms with Crippen LogP contribution in [0.2, 0.25) is 0 Å². The monoisotopic (exact) mass is 381 g/mol. The van der Waals surface area contributed by atoms with Crippen molar-refractivity contribution in [3.8, 4) is 0 Å². The summed E-state index contributed by atoms with van der Waals surface area (Å²) >= 11 is 0. The molecule has 0 saturated heterocycles. The zero-order chi connectivity index (χ0) is 20.9. The fourth-order valence-electron chi connectivity index (χ4n) is 2.36. The van der Waals surface area contributed by atoms with Crippen molar-refractivity contribution in [2.75, 3.05) is 7.11 Å². The highest BCUT2D eigenvalue weighted by Crippen LogP contribution is 2.21. The molecular formula is C18H27N3O6. The maximum Gasteiger partial charge on any atom is 0.355 e. The molecule has 1 rings (SSSR count). The average Bonchev–Trinajstić information content (AvgIpc) is 2.88. The Bertz CT molecular complexity index is 745. The Labute approximate surface area is 158 Å². The number of carbonyl (C=O) groups excluding carboxylic acids is 4. The van der Waals surface area contributed by atoms with Gasteiger partial charge in [-0.1, -0.05) is 6.92 Å². The van der Waals surface area contributed by atoms with Gasteiger partial charge in [0.05, 0.1) is 12.7 Å². The molecule has 3 amide bonds. The number of imide groups is 1. The molecule has 1 atom stereocenters. The van der Waals surface area contributed by atoms with Crippen LogP contribution in [0, 0.1) is 6.92 Å². The third-order valence-corrected chi connectivity index (χ3v) is 3.65. The van der Waals surface area contributed by atoms with Crippen LogP contribution in [-0.4, -0.2) is 47.6 Å². The second kappa shape index (κ2) is 8.70. The molecule has 0 aliphatic rings. The van der Waals surface area contributed by atoms with Gasteiger partial charge in [0, 0.05) is 11.2 Å². The van der Waals surface area contributed by atoms with Crippen LogP contribution in [0.1, 0.15) is 66.7 Å². The van der Waals surface area contributed by atoms with E-state index in [1.54, 1.807) is 27.7 Å². The topological polar surface area (TPSA) is 127 Å². The van der Waals surface area contributed by atoms with Gasteiger partial charge in [-0.15, -0.1) is 0 Å². The SMILES string of the molecule is CCc1[nH]c(C(=O)OC(C)C(=O)NC(=O)NC(C)(C)C)c(C)c1C(=O)OC. The Kier molecular flexibility index (Phi) is 7.15. The lowest BCUT2D eigenvalue weighted by Gasteiger charge is -2.21. The molecule has 1 heterocycles. The minimum Gasteiger partial charge on any atom is -0.465 e. The van der Waals surface area contributed by atoms with E-state index in [-0.39, 0.29) is 11.3 Å². The highest BCUT2D eigenvalue weighted by Gasteiger charge is 2.27. The second-order valence-corrected chi connectivity index (χ2v) is 7.06. The number of methoxy groups -OCH3 is 1. The molecule has 1 aromatic rings. The van der Waals surface area contributed by atoms with E-state index in [1.165, 1.54) is 14.0 Å². The largest absolute Gasteiger partial charge is 0.465 e. The van der Waals surface area contributed by atoms with Crippen LogP contribution in [0.25, 0.3) is 0 Å². The van der Waals surface area contributed by atoms with Gasteiger partial charge in [0.1, 0.15) is 5.69 Å². The van der Waals surface area contributed by atoms with Gasteiger partial charge >= 0.3 is 18.0 Å². The van der Waals surface area contributed by atoms with E-state index in [0.717, 1.165) is 0 Å². The van der Waals surface area contributed by atoms with Gasteiger partial charge in [0.15, 0.2) is 6.10 Å². The van der Waals surface area contributed by atoms with Crippen LogP contribution in [0.4, 0.5) is 4.79 Å². The number of aromatic nitrogens is 1. The first-order valence-electron chi connectivity index (χ1n) is 8.55. The Morgan fingerprint density at radius 2 is 1.74 bits per heavy atom. The van der Waals surface area contributed by atoms with Crippen LogP contribution < -0.4 is 10.6 Å². The molecule has 1 aromatic heterocycles. The van der Waals surface area contributed by atoms with E-state index in [0.29, 0.717) is 17.7 Å². The lowest BCUT2D eigenvalue weighted by atomic mass is 10.1. The van der Waals surface area contributed by atoms with Gasteiger partial charge in [-0.25, -0.2) is 14.4 Å². The molecule has 0 radical (unpaired) electrons. The van der Waals surface area contributed by atoms with Gasteiger partial charge in [0.25, 0.3) is 5.91 Å². The third-order valence-electron chi connectivity index (χ3n) is 3.65. The molecule has 0 spiro atoms. The molecule has 0 aromatic carbocycles. The summed E-state index contributed by atoms with van der Waals surface area (Å²) in [5, 5.41) is 4.68. The van der Waals surface area contributed by atoms with Crippen molar-refractivity contribution < 1.29 is 28.7 Å². The van der Waals surface area contributed by atoms with Crippen molar-refractivity contribution in [2.24, 2.45) is 0 Å². The van der Waals surface area contributed by atoms with E-state index in [4.69, 9.17) is 9.47 Å². The van der Waals surface area contributed by atoms with Crippen LogP contribution in [0.15, 0.2) is 0 Å². The van der Waals surface area contributed by atoms with Crippen molar-refractivity contribution in [2.45, 2.75) is 59.6 Å². The molecule has 0 saturated carbocycles. The summed E-state index contributed by atoms with van der Waals surface area (Å²) in [7, 11) is 1.25. The summed E-state index contributed by atoms with van der Waals surface area (Å²) in [4.78, 5) is 50.9. The number of nitrogens with one attached hydrogen (secondary N) is 3. The van der Waals surface area contributed by atoms with Crippen molar-refractivity contribution in [1.82, 2.24) is 15.6 Å². The highest BCUT2D eigenvalue weighted by atomic mass is 16.5. The second-order valence-electron chi connectivity index (χ2n) is 7.06. The van der Waals surface area contributed by atoms with Gasteiger partial charge in [-0.05, 0) is 46.6 Å². The number of hydrogen-bond donors (Lipinski definition) is 3. The summed E-state index contributed by atoms with van der Waals surface area (Å²) in [6.45, 7) is 10.0. The standard InChI is InChI=1S/C18H27N3O6/c1-8-11-12(15(23)26-7)9(2)13(19-11)16(24)27-10(3)14(22)20-17(25)21-18(4,5)6/h10,19H,8H2,1-7H3,(H2,20,21,22,25). The quantitative estimate of drug-likeness (QED) is 0.668. The molecule has 150 valence electrons. The summed E-state index contributed by atoms with van der Waals surface area (Å²) in [5.74, 6) is -2.14. The van der Waals surface area contributed by atoms with Gasteiger partial charge in [-0.3, -0.25) is 10.1 Å². The minimum atomic E-state index is -1.21. The zero-order valence-corrected chi connectivity index (χ0v) is 16.7. The average molecular weight is 381 g/mol. The molecule has 0 aliphatic carbocycles. The normalized spacial score (nSPS) is 12.1. The van der Waals surface area contributed by atoms with Gasteiger partial charge in [-0.2, -0.15) is 0 Å². The maximum absolute atomic E-state index is 12.4. The molecular weight excluding hydrogens is 354 g/mol. The van der Waals surface area contributed by atoms with Crippen LogP contribution in [-0.2, 0) is 20.7 Å². The number of rotatable bonds is 5. The van der Waals surface area contributed by atoms with Crippen molar-refractivity contribution >= 4 is 23.9 Å². The summed E-state index contributed by atoms with van der Waals surface area (Å²) in [5.41, 5.74) is 0.723. The van der Waals surface area contributed by atoms with Crippen LogP contribution in [0.5, 0.6) is 0 Å². The molecule has 0 fully saturated rings. The Morgan fingerprint density at radius 1 is 1.15 bits per heavy atom. The van der Waals surface area contributed by atoms with Gasteiger partial charge < -0.3 is 19.8 Å². The Balaban J connectivity index is 2.87. The predicted octanol–water partition coefficient (Wildman–Crippen LogP) is 1.84. The predicted molar refractivity (Wildman–Crippen MR) is 97.6 cm³/mol. The first kappa shape index (κ1) is 22.2. The van der Waals surface area contributed by atoms with E-state index in [9.17, 15) is 19.2 Å². The number of ether oxygens (including phenoxy) is 2. The smallest absolute Gasteiger partial charge is 0.355 e. The van der Waals surface area contributed by atoms with E-state index >= 15 is 0 Å². The lowest BCUT2D eigenvalue weighted by molar-refractivity contribution is -0.127. The molecule has 1 unspecified atom stereocenters. The number of hydrogen-bond acceptors (Lipinski definition) is 6. The first-order chi connectivity index (χ1) is 12.4. The highest BCUT2D eigenvalue weighted by molar-refractivity contribution is 6.01. The van der Waals surface area contributed by atoms with E-state index in [1.807, 2.05) is 6.92 Å². The van der Waals surface area contributed by atoms with Crippen LogP contribution in [0.3, 0.4) is 0 Å². The number of urea groups is 1. The maximum atomic E-state index is 12.4. The zero-order valence-electron chi connectivity index (χ0n) is 16.7. The number of H-pyrrole nitrogens is 1. The summed E-state index contributed by atoms with van der Waals surface area (Å²) < 4.78 is 9.86. The van der Waals surface area contributed by atoms with Crippen molar-refractivity contribution in [3.63, 3.8) is 0 Å². The molecule has 3 N–H and O–H groups in total. The lowest BCUT2D eigenvalue weighted by Crippen LogP contribution is -2.50. The van der Waals surface area contributed by atoms with Crippen molar-refractivity contribution in [3.05, 3.63) is 22.5 Å². The molecule has 0 bridgehead atoms. The molecule has 9 nitrogen and oxygen atoms in total. The first-order valence-corrected chi connectivity index (χ1v) is 8.55. The van der Waals surface area contributed by atoms with E-state index < -0.39 is 35.5 Å². The number of carbonyl (C=O) groups is 4. The Morgan fingerprint density at radius 3 is 2.22 bits per heavy atom. The number of esters is 2. The fourth-order valence-corrected chi connectivity index (χ4v) is 2.36. The fraction of sp³-hybridized carbons (Fsp3) is 0.556. The summed E-state index contributed by atoms with van der Waals surface area (Å²) in [6, 6.07) is -0.687. The minimum absolute atomic E-state index is 0.0612. The number of aromatic amines is 1. The summed E-state index contributed by atoms with van der Waals surface area (Å²) in [6.07, 6.45) is -0.737. The van der Waals surface area contributed by atoms with Gasteiger partial charge in [0.2, 0.25) is 0 Å². The van der Waals surface area contributed by atoms with Crippen molar-refractivity contribution in [1.29, 1.82) is 0 Å². The molecule has 27 heavy (non-hydrogen) atoms. The third kappa shape index (κ3) is 5.83. The molecule has 9 heteroatoms. The molecule has 0 aliphatic heterocycles. The van der Waals surface area contributed by atoms with E-state index in [2.05, 4.69) is 15.6 Å². The Hall–Kier alpha value is -2.84. The number of aryl methyl sites for hydroxylation is 1. The number of amides is 3.